The summed E-state index contributed by atoms with van der Waals surface area (Å²) in [5.74, 6) is -0.140. The Kier molecular flexibility index (Phi) is 5.73. The summed E-state index contributed by atoms with van der Waals surface area (Å²) in [6.07, 6.45) is 0.329. The second kappa shape index (κ2) is 8.08. The van der Waals surface area contributed by atoms with Gasteiger partial charge in [0.1, 0.15) is 23.0 Å². The normalized spacial score (nSPS) is 19.1. The maximum atomic E-state index is 12.0. The van der Waals surface area contributed by atoms with Gasteiger partial charge in [-0.25, -0.2) is 9.78 Å². The molecule has 2 unspecified atom stereocenters. The van der Waals surface area contributed by atoms with Crippen molar-refractivity contribution in [3.63, 3.8) is 0 Å². The van der Waals surface area contributed by atoms with Gasteiger partial charge in [0.2, 0.25) is 0 Å². The molecule has 1 aliphatic heterocycles. The second-order valence-corrected chi connectivity index (χ2v) is 7.72. The number of ether oxygens (including phenoxy) is 1. The number of nitrogens with zero attached hydrogens (tertiary/aromatic N) is 3. The average molecular weight is 417 g/mol. The molecule has 1 aromatic heterocycles. The van der Waals surface area contributed by atoms with Gasteiger partial charge >= 0.3 is 5.97 Å². The van der Waals surface area contributed by atoms with Crippen molar-refractivity contribution >= 4 is 34.0 Å². The number of nitrogens with two attached hydrogens (primary N) is 2. The Morgan fingerprint density at radius 1 is 1.48 bits per heavy atom. The van der Waals surface area contributed by atoms with E-state index in [1.54, 1.807) is 31.5 Å². The molecule has 5 N–H and O–H groups in total. The highest BCUT2D eigenvalue weighted by molar-refractivity contribution is 7.13. The van der Waals surface area contributed by atoms with Gasteiger partial charge in [0.15, 0.2) is 11.2 Å². The summed E-state index contributed by atoms with van der Waals surface area (Å²) in [6.45, 7) is 3.13. The molecule has 1 aliphatic rings. The van der Waals surface area contributed by atoms with Gasteiger partial charge in [-0.15, -0.1) is 11.3 Å². The van der Waals surface area contributed by atoms with Crippen LogP contribution in [0.4, 0.5) is 5.13 Å². The van der Waals surface area contributed by atoms with Crippen LogP contribution in [0.3, 0.4) is 0 Å². The molecule has 0 saturated heterocycles. The van der Waals surface area contributed by atoms with Crippen LogP contribution in [-0.2, 0) is 16.1 Å². The zero-order valence-corrected chi connectivity index (χ0v) is 17.2. The summed E-state index contributed by atoms with van der Waals surface area (Å²) < 4.78 is 5.98. The van der Waals surface area contributed by atoms with Gasteiger partial charge in [-0.05, 0) is 50.5 Å². The standard InChI is InChI=1S/C19H23N5O4S/c1-10(13-9-29-18(21)23-13)24-28-19(2,17(25)26)15-7-5-11-8-12(16(20)22-3)4-6-14(11)27-15/h4,6,8-9,15H,5,7H2,1-3H3,(H2,20,22)(H2,21,23)(H,25,26)/b24-10+. The number of oxime groups is 1. The molecule has 0 spiro atoms. The van der Waals surface area contributed by atoms with Crippen molar-refractivity contribution in [1.29, 1.82) is 0 Å². The summed E-state index contributed by atoms with van der Waals surface area (Å²) in [4.78, 5) is 25.6. The Morgan fingerprint density at radius 3 is 2.86 bits per heavy atom. The van der Waals surface area contributed by atoms with E-state index in [9.17, 15) is 9.90 Å². The monoisotopic (exact) mass is 417 g/mol. The third-order valence-electron chi connectivity index (χ3n) is 4.85. The average Bonchev–Trinajstić information content (AvgIpc) is 3.16. The number of benzene rings is 1. The number of rotatable bonds is 6. The number of carboxylic acid groups (broad SMARTS) is 1. The van der Waals surface area contributed by atoms with Gasteiger partial charge in [0.05, 0.1) is 0 Å². The molecule has 0 aliphatic carbocycles. The molecule has 0 amide bonds. The van der Waals surface area contributed by atoms with E-state index in [-0.39, 0.29) is 0 Å². The first-order valence-corrected chi connectivity index (χ1v) is 9.82. The number of aliphatic carboxylic acids is 1. The lowest BCUT2D eigenvalue weighted by molar-refractivity contribution is -0.178. The molecule has 154 valence electrons. The minimum atomic E-state index is -1.68. The van der Waals surface area contributed by atoms with Crippen LogP contribution >= 0.6 is 11.3 Å². The molecule has 2 aromatic rings. The zero-order chi connectivity index (χ0) is 21.2. The van der Waals surface area contributed by atoms with E-state index in [0.717, 1.165) is 11.1 Å². The van der Waals surface area contributed by atoms with Crippen molar-refractivity contribution in [2.24, 2.45) is 15.9 Å². The number of hydrogen-bond donors (Lipinski definition) is 3. The second-order valence-electron chi connectivity index (χ2n) is 6.83. The predicted molar refractivity (Wildman–Crippen MR) is 112 cm³/mol. The van der Waals surface area contributed by atoms with Crippen LogP contribution in [0.2, 0.25) is 0 Å². The van der Waals surface area contributed by atoms with Crippen molar-refractivity contribution in [3.8, 4) is 5.75 Å². The minimum Gasteiger partial charge on any atom is -0.485 e. The molecule has 0 saturated carbocycles. The predicted octanol–water partition coefficient (Wildman–Crippen LogP) is 2.04. The number of aliphatic imine (C=N–C) groups is 1. The molecular weight excluding hydrogens is 394 g/mol. The molecule has 0 bridgehead atoms. The fourth-order valence-corrected chi connectivity index (χ4v) is 3.57. The topological polar surface area (TPSA) is 145 Å². The van der Waals surface area contributed by atoms with E-state index in [1.807, 2.05) is 6.07 Å². The Balaban J connectivity index is 1.82. The van der Waals surface area contributed by atoms with Crippen molar-refractivity contribution in [2.45, 2.75) is 38.4 Å². The summed E-state index contributed by atoms with van der Waals surface area (Å²) in [7, 11) is 1.62. The fourth-order valence-electron chi connectivity index (χ4n) is 2.96. The highest BCUT2D eigenvalue weighted by Gasteiger charge is 2.48. The number of anilines is 1. The number of carbonyl (C=O) groups is 1. The SMILES string of the molecule is CN=C(N)c1ccc2c(c1)CCC(C(C)(O/N=C(\C)c1csc(N)n1)C(=O)O)O2. The lowest BCUT2D eigenvalue weighted by atomic mass is 9.90. The lowest BCUT2D eigenvalue weighted by Crippen LogP contribution is -2.52. The van der Waals surface area contributed by atoms with E-state index in [1.165, 1.54) is 18.3 Å². The van der Waals surface area contributed by atoms with Gasteiger partial charge in [-0.3, -0.25) is 4.99 Å². The molecule has 3 rings (SSSR count). The number of nitrogen functional groups attached to an aromatic ring is 1. The van der Waals surface area contributed by atoms with Crippen LogP contribution in [-0.4, -0.2) is 46.4 Å². The highest BCUT2D eigenvalue weighted by atomic mass is 32.1. The molecule has 1 aromatic carbocycles. The molecule has 2 heterocycles. The first-order valence-electron chi connectivity index (χ1n) is 8.94. The number of aryl methyl sites for hydroxylation is 1. The Labute approximate surface area is 172 Å². The molecule has 2 atom stereocenters. The van der Waals surface area contributed by atoms with Gasteiger partial charge < -0.3 is 26.1 Å². The summed E-state index contributed by atoms with van der Waals surface area (Å²) in [6, 6.07) is 5.46. The van der Waals surface area contributed by atoms with Crippen molar-refractivity contribution in [3.05, 3.63) is 40.4 Å². The minimum absolute atomic E-state index is 0.399. The maximum absolute atomic E-state index is 12.0. The fraction of sp³-hybridized carbons (Fsp3) is 0.368. The first kappa shape index (κ1) is 20.6. The van der Waals surface area contributed by atoms with Gasteiger partial charge in [-0.1, -0.05) is 5.16 Å². The van der Waals surface area contributed by atoms with Crippen LogP contribution in [0.1, 0.15) is 37.1 Å². The third kappa shape index (κ3) is 4.16. The number of fused-ring (bicyclic) bond motifs is 1. The Morgan fingerprint density at radius 2 is 2.24 bits per heavy atom. The number of aromatic nitrogens is 1. The van der Waals surface area contributed by atoms with Crippen LogP contribution in [0.5, 0.6) is 5.75 Å². The molecule has 29 heavy (non-hydrogen) atoms. The highest BCUT2D eigenvalue weighted by Crippen LogP contribution is 2.34. The maximum Gasteiger partial charge on any atom is 0.354 e. The molecule has 9 nitrogen and oxygen atoms in total. The number of amidine groups is 1. The smallest absolute Gasteiger partial charge is 0.354 e. The van der Waals surface area contributed by atoms with Crippen LogP contribution in [0.25, 0.3) is 0 Å². The van der Waals surface area contributed by atoms with Gasteiger partial charge in [0.25, 0.3) is 5.60 Å². The molecular formula is C19H23N5O4S. The first-order chi connectivity index (χ1) is 13.7. The Bertz CT molecular complexity index is 987. The number of thiazole rings is 1. The molecule has 0 fully saturated rings. The van der Waals surface area contributed by atoms with Gasteiger partial charge in [-0.2, -0.15) is 0 Å². The Hall–Kier alpha value is -3.14. The van der Waals surface area contributed by atoms with Crippen LogP contribution < -0.4 is 16.2 Å². The van der Waals surface area contributed by atoms with E-state index in [4.69, 9.17) is 21.0 Å². The van der Waals surface area contributed by atoms with Crippen LogP contribution in [0.15, 0.2) is 33.7 Å². The summed E-state index contributed by atoms with van der Waals surface area (Å²) in [5, 5.41) is 15.9. The van der Waals surface area contributed by atoms with Crippen molar-refractivity contribution < 1.29 is 19.5 Å². The molecule has 10 heteroatoms. The van der Waals surface area contributed by atoms with Crippen molar-refractivity contribution in [2.75, 3.05) is 12.8 Å². The number of hydrogen-bond acceptors (Lipinski definition) is 8. The zero-order valence-electron chi connectivity index (χ0n) is 16.4. The van der Waals surface area contributed by atoms with Gasteiger partial charge in [0, 0.05) is 18.0 Å². The van der Waals surface area contributed by atoms with Crippen molar-refractivity contribution in [1.82, 2.24) is 4.98 Å². The van der Waals surface area contributed by atoms with E-state index in [0.29, 0.717) is 41.0 Å². The number of carboxylic acids is 1. The third-order valence-corrected chi connectivity index (χ3v) is 5.52. The summed E-state index contributed by atoms with van der Waals surface area (Å²) >= 11 is 1.27. The van der Waals surface area contributed by atoms with Crippen LogP contribution in [0, 0.1) is 0 Å². The summed E-state index contributed by atoms with van der Waals surface area (Å²) in [5.41, 5.74) is 12.5. The lowest BCUT2D eigenvalue weighted by Gasteiger charge is -2.35. The van der Waals surface area contributed by atoms with E-state index >= 15 is 0 Å². The largest absolute Gasteiger partial charge is 0.485 e. The van der Waals surface area contributed by atoms with E-state index < -0.39 is 17.7 Å². The van der Waals surface area contributed by atoms with E-state index in [2.05, 4.69) is 15.1 Å². The molecule has 0 radical (unpaired) electrons. The quantitative estimate of drug-likeness (QED) is 0.370.